The molecular weight excluding hydrogens is 438 g/mol. The molecule has 0 saturated heterocycles. The fourth-order valence-corrected chi connectivity index (χ4v) is 4.44. The lowest BCUT2D eigenvalue weighted by Gasteiger charge is -2.16. The second-order valence-corrected chi connectivity index (χ2v) is 8.82. The largest absolute Gasteiger partial charge is 0.339 e. The van der Waals surface area contributed by atoms with Crippen LogP contribution in [0.1, 0.15) is 16.8 Å². The van der Waals surface area contributed by atoms with E-state index < -0.39 is 0 Å². The van der Waals surface area contributed by atoms with Gasteiger partial charge in [-0.05, 0) is 55.7 Å². The Hall–Kier alpha value is -4.46. The van der Waals surface area contributed by atoms with E-state index in [1.807, 2.05) is 64.2 Å². The topological polar surface area (TPSA) is 93.4 Å². The van der Waals surface area contributed by atoms with Gasteiger partial charge in [-0.1, -0.05) is 18.7 Å². The summed E-state index contributed by atoms with van der Waals surface area (Å²) in [7, 11) is 3.83. The normalized spacial score (nSPS) is 11.2. The first kappa shape index (κ1) is 22.3. The third-order valence-electron chi connectivity index (χ3n) is 6.43. The molecule has 0 unspecified atom stereocenters. The number of pyridine rings is 1. The SMILES string of the molecule is C=CC(=O)Nc1c(C)ccc(-c2c(-c3cnn(C)c3)[nH]c3ncc(-c4cc(C)n(C)n4)cc23)c1C. The molecule has 1 aromatic carbocycles. The zero-order valence-electron chi connectivity index (χ0n) is 20.5. The minimum absolute atomic E-state index is 0.241. The Morgan fingerprint density at radius 2 is 1.91 bits per heavy atom. The van der Waals surface area contributed by atoms with E-state index in [1.54, 1.807) is 4.68 Å². The van der Waals surface area contributed by atoms with Crippen LogP contribution in [-0.2, 0) is 18.9 Å². The molecule has 0 fully saturated rings. The summed E-state index contributed by atoms with van der Waals surface area (Å²) >= 11 is 0. The molecule has 0 aliphatic heterocycles. The third-order valence-corrected chi connectivity index (χ3v) is 6.43. The van der Waals surface area contributed by atoms with Crippen LogP contribution in [0.25, 0.3) is 44.7 Å². The van der Waals surface area contributed by atoms with Gasteiger partial charge in [0.2, 0.25) is 5.91 Å². The van der Waals surface area contributed by atoms with Crippen molar-refractivity contribution in [2.45, 2.75) is 20.8 Å². The number of H-pyrrole nitrogens is 1. The van der Waals surface area contributed by atoms with Crippen LogP contribution in [-0.4, -0.2) is 35.4 Å². The predicted molar refractivity (Wildman–Crippen MR) is 139 cm³/mol. The highest BCUT2D eigenvalue weighted by atomic mass is 16.1. The molecule has 0 spiro atoms. The number of fused-ring (bicyclic) bond motifs is 1. The Kier molecular flexibility index (Phi) is 5.36. The molecule has 0 bridgehead atoms. The summed E-state index contributed by atoms with van der Waals surface area (Å²) in [6, 6.07) is 8.29. The molecular formula is C27H27N7O. The lowest BCUT2D eigenvalue weighted by Crippen LogP contribution is -2.10. The van der Waals surface area contributed by atoms with E-state index in [1.165, 1.54) is 6.08 Å². The number of aromatic amines is 1. The van der Waals surface area contributed by atoms with Crippen LogP contribution in [0.4, 0.5) is 5.69 Å². The van der Waals surface area contributed by atoms with Crippen LogP contribution >= 0.6 is 0 Å². The number of amides is 1. The highest BCUT2D eigenvalue weighted by molar-refractivity contribution is 6.06. The summed E-state index contributed by atoms with van der Waals surface area (Å²) in [5.74, 6) is -0.241. The highest BCUT2D eigenvalue weighted by Crippen LogP contribution is 2.42. The monoisotopic (exact) mass is 465 g/mol. The van der Waals surface area contributed by atoms with Crippen molar-refractivity contribution < 1.29 is 4.79 Å². The summed E-state index contributed by atoms with van der Waals surface area (Å²) in [5.41, 5.74) is 10.2. The van der Waals surface area contributed by atoms with Crippen molar-refractivity contribution >= 4 is 22.6 Å². The van der Waals surface area contributed by atoms with Crippen LogP contribution in [0.3, 0.4) is 0 Å². The van der Waals surface area contributed by atoms with Crippen LogP contribution in [0.2, 0.25) is 0 Å². The van der Waals surface area contributed by atoms with Crippen molar-refractivity contribution in [3.05, 3.63) is 72.3 Å². The van der Waals surface area contributed by atoms with Crippen molar-refractivity contribution in [2.75, 3.05) is 5.32 Å². The molecule has 0 saturated carbocycles. The molecule has 0 aliphatic rings. The third kappa shape index (κ3) is 3.82. The predicted octanol–water partition coefficient (Wildman–Crippen LogP) is 5.08. The van der Waals surface area contributed by atoms with Gasteiger partial charge < -0.3 is 10.3 Å². The molecule has 0 aliphatic carbocycles. The molecule has 8 nitrogen and oxygen atoms in total. The number of benzene rings is 1. The molecule has 0 atom stereocenters. The van der Waals surface area contributed by atoms with Gasteiger partial charge in [-0.3, -0.25) is 14.2 Å². The van der Waals surface area contributed by atoms with Gasteiger partial charge in [-0.2, -0.15) is 10.2 Å². The zero-order chi connectivity index (χ0) is 24.9. The average molecular weight is 466 g/mol. The minimum Gasteiger partial charge on any atom is -0.339 e. The fourth-order valence-electron chi connectivity index (χ4n) is 4.44. The van der Waals surface area contributed by atoms with Gasteiger partial charge >= 0.3 is 0 Å². The van der Waals surface area contributed by atoms with Gasteiger partial charge in [0, 0.05) is 59.9 Å². The van der Waals surface area contributed by atoms with Gasteiger partial charge in [0.05, 0.1) is 17.6 Å². The number of rotatable bonds is 5. The van der Waals surface area contributed by atoms with Gasteiger partial charge in [0.1, 0.15) is 5.65 Å². The number of nitrogens with one attached hydrogen (secondary N) is 2. The van der Waals surface area contributed by atoms with Crippen molar-refractivity contribution in [1.29, 1.82) is 0 Å². The average Bonchev–Trinajstić information content (AvgIpc) is 3.53. The fraction of sp³-hybridized carbons (Fsp3) is 0.185. The first-order valence-electron chi connectivity index (χ1n) is 11.3. The van der Waals surface area contributed by atoms with E-state index in [-0.39, 0.29) is 5.91 Å². The van der Waals surface area contributed by atoms with Crippen LogP contribution in [0.15, 0.2) is 55.5 Å². The maximum Gasteiger partial charge on any atom is 0.247 e. The summed E-state index contributed by atoms with van der Waals surface area (Å²) in [6.45, 7) is 9.62. The summed E-state index contributed by atoms with van der Waals surface area (Å²) in [5, 5.41) is 13.0. The Morgan fingerprint density at radius 1 is 1.11 bits per heavy atom. The molecule has 0 radical (unpaired) electrons. The number of aromatic nitrogens is 6. The van der Waals surface area contributed by atoms with Crippen LogP contribution < -0.4 is 5.32 Å². The van der Waals surface area contributed by atoms with Gasteiger partial charge in [-0.15, -0.1) is 0 Å². The number of carbonyl (C=O) groups excluding carboxylic acids is 1. The molecule has 176 valence electrons. The molecule has 5 rings (SSSR count). The van der Waals surface area contributed by atoms with E-state index in [2.05, 4.69) is 45.3 Å². The molecule has 1 amide bonds. The van der Waals surface area contributed by atoms with E-state index in [9.17, 15) is 4.79 Å². The van der Waals surface area contributed by atoms with Gasteiger partial charge in [0.25, 0.3) is 0 Å². The van der Waals surface area contributed by atoms with E-state index >= 15 is 0 Å². The number of hydrogen-bond acceptors (Lipinski definition) is 4. The molecule has 2 N–H and O–H groups in total. The minimum atomic E-state index is -0.241. The number of hydrogen-bond donors (Lipinski definition) is 2. The standard InChI is InChI=1S/C27H27N7O/c1-7-23(35)30-25-15(2)8-9-20(17(25)4)24-21-11-18(22-10-16(3)34(6)32-22)12-28-27(21)31-26(24)19-13-29-33(5)14-19/h7-14H,1H2,2-6H3,(H,28,31)(H,30,35). The Bertz CT molecular complexity index is 1600. The maximum absolute atomic E-state index is 12.2. The molecule has 4 heterocycles. The van der Waals surface area contributed by atoms with Crippen molar-refractivity contribution in [3.8, 4) is 33.6 Å². The Labute approximate surface area is 203 Å². The quantitative estimate of drug-likeness (QED) is 0.354. The number of nitrogens with zero attached hydrogens (tertiary/aromatic N) is 5. The number of aryl methyl sites for hydroxylation is 4. The first-order chi connectivity index (χ1) is 16.8. The second-order valence-electron chi connectivity index (χ2n) is 8.82. The molecule has 8 heteroatoms. The molecule has 35 heavy (non-hydrogen) atoms. The van der Waals surface area contributed by atoms with Crippen molar-refractivity contribution in [1.82, 2.24) is 29.5 Å². The molecule has 4 aromatic heterocycles. The lowest BCUT2D eigenvalue weighted by molar-refractivity contribution is -0.111. The van der Waals surface area contributed by atoms with Crippen molar-refractivity contribution in [2.24, 2.45) is 14.1 Å². The zero-order valence-corrected chi connectivity index (χ0v) is 20.5. The number of anilines is 1. The van der Waals surface area contributed by atoms with Crippen molar-refractivity contribution in [3.63, 3.8) is 0 Å². The lowest BCUT2D eigenvalue weighted by atomic mass is 9.93. The first-order valence-corrected chi connectivity index (χ1v) is 11.3. The Balaban J connectivity index is 1.80. The van der Waals surface area contributed by atoms with Crippen LogP contribution in [0, 0.1) is 20.8 Å². The molecule has 5 aromatic rings. The summed E-state index contributed by atoms with van der Waals surface area (Å²) in [4.78, 5) is 20.4. The van der Waals surface area contributed by atoms with Gasteiger partial charge in [0.15, 0.2) is 0 Å². The summed E-state index contributed by atoms with van der Waals surface area (Å²) < 4.78 is 3.63. The smallest absolute Gasteiger partial charge is 0.247 e. The number of carbonyl (C=O) groups is 1. The summed E-state index contributed by atoms with van der Waals surface area (Å²) in [6.07, 6.45) is 6.93. The van der Waals surface area contributed by atoms with Gasteiger partial charge in [-0.25, -0.2) is 4.98 Å². The maximum atomic E-state index is 12.2. The van der Waals surface area contributed by atoms with E-state index in [0.29, 0.717) is 0 Å². The van der Waals surface area contributed by atoms with E-state index in [4.69, 9.17) is 4.98 Å². The van der Waals surface area contributed by atoms with Crippen LogP contribution in [0.5, 0.6) is 0 Å². The second kappa shape index (κ2) is 8.39. The highest BCUT2D eigenvalue weighted by Gasteiger charge is 2.21. The Morgan fingerprint density at radius 3 is 2.57 bits per heavy atom. The van der Waals surface area contributed by atoms with E-state index in [0.717, 1.165) is 67.2 Å².